The number of alkyl carbamates (subject to hydrolysis) is 1. The summed E-state index contributed by atoms with van der Waals surface area (Å²) in [7, 11) is 0. The number of benzene rings is 1. The predicted molar refractivity (Wildman–Crippen MR) is 102 cm³/mol. The zero-order valence-electron chi connectivity index (χ0n) is 15.5. The molecule has 0 bridgehead atoms. The highest BCUT2D eigenvalue weighted by Gasteiger charge is 2.26. The third kappa shape index (κ3) is 5.91. The van der Waals surface area contributed by atoms with E-state index < -0.39 is 12.1 Å². The normalized spacial score (nSPS) is 13.8. The second-order valence-corrected chi connectivity index (χ2v) is 6.48. The van der Waals surface area contributed by atoms with Crippen LogP contribution in [0.3, 0.4) is 0 Å². The fourth-order valence-corrected chi connectivity index (χ4v) is 2.92. The van der Waals surface area contributed by atoms with E-state index in [0.29, 0.717) is 19.6 Å². The number of amides is 2. The molecule has 26 heavy (non-hydrogen) atoms. The number of nitrogens with two attached hydrogens (primary N) is 1. The Morgan fingerprint density at radius 2 is 2.08 bits per heavy atom. The van der Waals surface area contributed by atoms with Crippen LogP contribution in [0.4, 0.5) is 10.5 Å². The van der Waals surface area contributed by atoms with Gasteiger partial charge in [-0.2, -0.15) is 0 Å². The van der Waals surface area contributed by atoms with Crippen LogP contribution in [-0.4, -0.2) is 37.7 Å². The van der Waals surface area contributed by atoms with E-state index in [1.54, 1.807) is 0 Å². The van der Waals surface area contributed by atoms with Gasteiger partial charge in [-0.1, -0.05) is 31.5 Å². The van der Waals surface area contributed by atoms with Gasteiger partial charge in [-0.15, -0.1) is 0 Å². The van der Waals surface area contributed by atoms with Crippen molar-refractivity contribution in [3.63, 3.8) is 0 Å². The summed E-state index contributed by atoms with van der Waals surface area (Å²) in [5.41, 5.74) is 10.7. The Morgan fingerprint density at radius 1 is 1.27 bits per heavy atom. The fraction of sp³-hybridized carbons (Fsp3) is 0.579. The van der Waals surface area contributed by atoms with Gasteiger partial charge in [-0.25, -0.2) is 4.79 Å². The van der Waals surface area contributed by atoms with Crippen LogP contribution in [0.25, 0.3) is 0 Å². The summed E-state index contributed by atoms with van der Waals surface area (Å²) in [5.74, 6) is -0.230. The predicted octanol–water partition coefficient (Wildman–Crippen LogP) is 2.10. The summed E-state index contributed by atoms with van der Waals surface area (Å²) in [6, 6.07) is 7.35. The second-order valence-electron chi connectivity index (χ2n) is 6.48. The van der Waals surface area contributed by atoms with E-state index in [4.69, 9.17) is 10.5 Å². The molecular formula is C19H30N4O3. The molecule has 1 atom stereocenters. The van der Waals surface area contributed by atoms with Gasteiger partial charge in [0.1, 0.15) is 6.04 Å². The number of carbonyl (C=O) groups excluding carboxylic acids is 2. The summed E-state index contributed by atoms with van der Waals surface area (Å²) >= 11 is 0. The van der Waals surface area contributed by atoms with Gasteiger partial charge in [-0.05, 0) is 50.3 Å². The number of hydrogen-bond acceptors (Lipinski definition) is 5. The molecule has 0 saturated heterocycles. The highest BCUT2D eigenvalue weighted by molar-refractivity contribution is 5.87. The van der Waals surface area contributed by atoms with E-state index in [1.807, 2.05) is 30.1 Å². The van der Waals surface area contributed by atoms with Crippen LogP contribution in [0.15, 0.2) is 24.3 Å². The van der Waals surface area contributed by atoms with Crippen molar-refractivity contribution in [2.45, 2.75) is 51.5 Å². The molecule has 1 aliphatic rings. The van der Waals surface area contributed by atoms with E-state index in [-0.39, 0.29) is 5.91 Å². The van der Waals surface area contributed by atoms with Crippen LogP contribution in [0.1, 0.15) is 44.6 Å². The number of unbranched alkanes of at least 4 members (excludes halogenated alkanes) is 2. The Labute approximate surface area is 155 Å². The summed E-state index contributed by atoms with van der Waals surface area (Å²) in [4.78, 5) is 24.7. The van der Waals surface area contributed by atoms with E-state index >= 15 is 0 Å². The lowest BCUT2D eigenvalue weighted by Crippen LogP contribution is -2.52. The minimum atomic E-state index is -0.636. The third-order valence-corrected chi connectivity index (χ3v) is 4.42. The molecule has 1 heterocycles. The van der Waals surface area contributed by atoms with Crippen molar-refractivity contribution in [1.82, 2.24) is 10.7 Å². The highest BCUT2D eigenvalue weighted by atomic mass is 16.5. The van der Waals surface area contributed by atoms with Crippen molar-refractivity contribution in [3.05, 3.63) is 29.8 Å². The zero-order valence-corrected chi connectivity index (χ0v) is 15.5. The number of carbonyl (C=O) groups is 2. The maximum absolute atomic E-state index is 12.7. The molecule has 2 amide bonds. The van der Waals surface area contributed by atoms with E-state index in [1.165, 1.54) is 5.56 Å². The van der Waals surface area contributed by atoms with E-state index in [0.717, 1.165) is 44.3 Å². The molecule has 1 aliphatic heterocycles. The Bertz CT molecular complexity index is 594. The molecular weight excluding hydrogens is 332 g/mol. The minimum Gasteiger partial charge on any atom is -0.450 e. The zero-order chi connectivity index (χ0) is 18.8. The number of nitrogens with one attached hydrogen (secondary N) is 2. The number of nitrogens with zero attached hydrogens (tertiary/aromatic N) is 1. The van der Waals surface area contributed by atoms with Crippen molar-refractivity contribution in [1.29, 1.82) is 0 Å². The maximum Gasteiger partial charge on any atom is 0.407 e. The van der Waals surface area contributed by atoms with Crippen LogP contribution in [0, 0.1) is 0 Å². The van der Waals surface area contributed by atoms with Gasteiger partial charge in [0, 0.05) is 6.54 Å². The summed E-state index contributed by atoms with van der Waals surface area (Å²) in [6.07, 6.45) is 4.20. The molecule has 144 valence electrons. The molecule has 7 heteroatoms. The first-order chi connectivity index (χ1) is 12.7. The Hall–Kier alpha value is -2.28. The molecule has 1 aromatic rings. The number of anilines is 1. The third-order valence-electron chi connectivity index (χ3n) is 4.42. The second kappa shape index (κ2) is 10.7. The summed E-state index contributed by atoms with van der Waals surface area (Å²) in [5, 5.41) is 4.54. The van der Waals surface area contributed by atoms with Crippen LogP contribution in [0.5, 0.6) is 0 Å². The Morgan fingerprint density at radius 3 is 2.85 bits per heavy atom. The van der Waals surface area contributed by atoms with Crippen molar-refractivity contribution < 1.29 is 14.3 Å². The van der Waals surface area contributed by atoms with Gasteiger partial charge in [0.15, 0.2) is 0 Å². The minimum absolute atomic E-state index is 0.230. The average Bonchev–Trinajstić information content (AvgIpc) is 3.04. The lowest BCUT2D eigenvalue weighted by atomic mass is 10.1. The molecule has 0 unspecified atom stereocenters. The number of hydrazine groups is 1. The first-order valence-electron chi connectivity index (χ1n) is 9.45. The quantitative estimate of drug-likeness (QED) is 0.554. The van der Waals surface area contributed by atoms with Gasteiger partial charge in [0.25, 0.3) is 5.91 Å². The lowest BCUT2D eigenvalue weighted by molar-refractivity contribution is -0.123. The first kappa shape index (κ1) is 20.0. The number of para-hydroxylation sites is 1. The van der Waals surface area contributed by atoms with Crippen LogP contribution in [0.2, 0.25) is 0 Å². The van der Waals surface area contributed by atoms with Crippen molar-refractivity contribution in [2.75, 3.05) is 24.7 Å². The molecule has 4 N–H and O–H groups in total. The summed E-state index contributed by atoms with van der Waals surface area (Å²) < 4.78 is 5.13. The summed E-state index contributed by atoms with van der Waals surface area (Å²) in [6.45, 7) is 3.67. The molecule has 0 fully saturated rings. The highest BCUT2D eigenvalue weighted by Crippen LogP contribution is 2.25. The van der Waals surface area contributed by atoms with Crippen LogP contribution in [-0.2, 0) is 16.0 Å². The molecule has 0 spiro atoms. The van der Waals surface area contributed by atoms with Gasteiger partial charge < -0.3 is 15.8 Å². The molecule has 2 rings (SSSR count). The van der Waals surface area contributed by atoms with Crippen molar-refractivity contribution in [2.24, 2.45) is 5.73 Å². The number of ether oxygens (including phenoxy) is 1. The standard InChI is InChI=1S/C19H30N4O3/c1-2-3-14-26-19(25)21-16(9-6-7-12-20)18(24)22-23-13-11-15-8-4-5-10-17(15)23/h4-5,8,10,16H,2-3,6-7,9,11-14,20H2,1H3,(H,21,25)(H,22,24)/t16-/m0/s1. The van der Waals surface area contributed by atoms with Gasteiger partial charge in [0.2, 0.25) is 0 Å². The van der Waals surface area contributed by atoms with Crippen molar-refractivity contribution >= 4 is 17.7 Å². The maximum atomic E-state index is 12.7. The topological polar surface area (TPSA) is 96.7 Å². The van der Waals surface area contributed by atoms with Crippen molar-refractivity contribution in [3.8, 4) is 0 Å². The van der Waals surface area contributed by atoms with E-state index in [9.17, 15) is 9.59 Å². The van der Waals surface area contributed by atoms with Gasteiger partial charge in [-0.3, -0.25) is 15.2 Å². The number of rotatable bonds is 10. The van der Waals surface area contributed by atoms with Crippen LogP contribution < -0.4 is 21.5 Å². The molecule has 0 saturated carbocycles. The van der Waals surface area contributed by atoms with E-state index in [2.05, 4.69) is 16.8 Å². The molecule has 0 aromatic heterocycles. The Balaban J connectivity index is 1.93. The fourth-order valence-electron chi connectivity index (χ4n) is 2.92. The number of hydrogen-bond donors (Lipinski definition) is 3. The monoisotopic (exact) mass is 362 g/mol. The smallest absolute Gasteiger partial charge is 0.407 e. The molecule has 0 radical (unpaired) electrons. The van der Waals surface area contributed by atoms with Gasteiger partial charge in [0.05, 0.1) is 12.3 Å². The van der Waals surface area contributed by atoms with Gasteiger partial charge >= 0.3 is 6.09 Å². The lowest BCUT2D eigenvalue weighted by Gasteiger charge is -2.24. The SMILES string of the molecule is CCCCOC(=O)N[C@@H](CCCCN)C(=O)NN1CCc2ccccc21. The molecule has 1 aromatic carbocycles. The first-order valence-corrected chi connectivity index (χ1v) is 9.45. The molecule has 0 aliphatic carbocycles. The Kier molecular flexibility index (Phi) is 8.21. The largest absolute Gasteiger partial charge is 0.450 e. The van der Waals surface area contributed by atoms with Crippen LogP contribution >= 0.6 is 0 Å². The average molecular weight is 362 g/mol. The molecule has 7 nitrogen and oxygen atoms in total. The number of fused-ring (bicyclic) bond motifs is 1.